The molecule has 19 heavy (non-hydrogen) atoms. The van der Waals surface area contributed by atoms with Crippen molar-refractivity contribution in [3.05, 3.63) is 47.3 Å². The molecule has 0 radical (unpaired) electrons. The Kier molecular flexibility index (Phi) is 6.28. The molecular formula is C11H12BrN3O4. The third-order valence-corrected chi connectivity index (χ3v) is 2.08. The number of benzene rings is 1. The van der Waals surface area contributed by atoms with Crippen LogP contribution in [0.4, 0.5) is 0 Å². The van der Waals surface area contributed by atoms with Crippen LogP contribution in [0.1, 0.15) is 20.7 Å². The van der Waals surface area contributed by atoms with Crippen LogP contribution >= 0.6 is 17.0 Å². The van der Waals surface area contributed by atoms with Gasteiger partial charge in [-0.3, -0.25) is 9.59 Å². The Hall–Kier alpha value is -2.35. The summed E-state index contributed by atoms with van der Waals surface area (Å²) in [5.41, 5.74) is 9.64. The lowest BCUT2D eigenvalue weighted by atomic mass is 10.1. The molecule has 0 spiro atoms. The van der Waals surface area contributed by atoms with Crippen molar-refractivity contribution in [3.8, 4) is 0 Å². The lowest BCUT2D eigenvalue weighted by Gasteiger charge is -2.07. The first-order valence-electron chi connectivity index (χ1n) is 4.82. The van der Waals surface area contributed by atoms with Crippen LogP contribution in [0.3, 0.4) is 0 Å². The molecule has 0 aliphatic carbocycles. The van der Waals surface area contributed by atoms with E-state index in [1.165, 1.54) is 24.3 Å². The van der Waals surface area contributed by atoms with Crippen LogP contribution < -0.4 is 16.8 Å². The van der Waals surface area contributed by atoms with E-state index < -0.39 is 23.5 Å². The first-order valence-corrected chi connectivity index (χ1v) is 4.82. The number of carboxylic acids is 1. The number of nitrogens with two attached hydrogens (primary N) is 2. The molecular weight excluding hydrogens is 318 g/mol. The molecule has 0 saturated heterocycles. The number of hydrogen-bond acceptors (Lipinski definition) is 4. The van der Waals surface area contributed by atoms with E-state index in [1.54, 1.807) is 0 Å². The van der Waals surface area contributed by atoms with Crippen LogP contribution in [-0.2, 0) is 4.79 Å². The highest BCUT2D eigenvalue weighted by molar-refractivity contribution is 8.93. The number of carbonyl (C=O) groups excluding carboxylic acids is 2. The minimum Gasteiger partial charge on any atom is -0.477 e. The number of rotatable bonds is 4. The predicted octanol–water partition coefficient (Wildman–Crippen LogP) is -0.0221. The largest absolute Gasteiger partial charge is 0.477 e. The van der Waals surface area contributed by atoms with E-state index in [-0.39, 0.29) is 28.1 Å². The molecule has 0 bridgehead atoms. The number of aliphatic carboxylic acids is 1. The Balaban J connectivity index is 0.00000324. The van der Waals surface area contributed by atoms with Gasteiger partial charge in [-0.15, -0.1) is 17.0 Å². The molecule has 1 aromatic carbocycles. The maximum absolute atomic E-state index is 11.8. The summed E-state index contributed by atoms with van der Waals surface area (Å²) in [6.07, 6.45) is 0.743. The Morgan fingerprint density at radius 3 is 2.11 bits per heavy atom. The third-order valence-electron chi connectivity index (χ3n) is 2.08. The summed E-state index contributed by atoms with van der Waals surface area (Å²) in [5, 5.41) is 10.8. The van der Waals surface area contributed by atoms with Gasteiger partial charge in [0, 0.05) is 6.20 Å². The van der Waals surface area contributed by atoms with Gasteiger partial charge in [-0.25, -0.2) is 4.79 Å². The van der Waals surface area contributed by atoms with Crippen molar-refractivity contribution < 1.29 is 19.5 Å². The fourth-order valence-electron chi connectivity index (χ4n) is 1.25. The molecule has 0 fully saturated rings. The smallest absolute Gasteiger partial charge is 0.353 e. The number of carboxylic acid groups (broad SMARTS) is 1. The zero-order chi connectivity index (χ0) is 13.7. The average molecular weight is 330 g/mol. The SMILES string of the molecule is Br.N/C=C(/NC(=O)c1ccccc1C(N)=O)C(=O)O. The van der Waals surface area contributed by atoms with E-state index in [1.807, 2.05) is 0 Å². The van der Waals surface area contributed by atoms with Crippen molar-refractivity contribution in [1.29, 1.82) is 0 Å². The molecule has 102 valence electrons. The van der Waals surface area contributed by atoms with Crippen LogP contribution in [0.25, 0.3) is 0 Å². The Bertz CT molecular complexity index is 542. The quantitative estimate of drug-likeness (QED) is 0.575. The molecule has 6 N–H and O–H groups in total. The van der Waals surface area contributed by atoms with E-state index in [0.29, 0.717) is 0 Å². The van der Waals surface area contributed by atoms with Gasteiger partial charge in [0.25, 0.3) is 5.91 Å². The highest BCUT2D eigenvalue weighted by atomic mass is 79.9. The van der Waals surface area contributed by atoms with Crippen molar-refractivity contribution in [2.24, 2.45) is 11.5 Å². The van der Waals surface area contributed by atoms with Gasteiger partial charge in [-0.1, -0.05) is 12.1 Å². The molecule has 7 nitrogen and oxygen atoms in total. The van der Waals surface area contributed by atoms with Crippen molar-refractivity contribution in [3.63, 3.8) is 0 Å². The van der Waals surface area contributed by atoms with Crippen molar-refractivity contribution in [2.75, 3.05) is 0 Å². The topological polar surface area (TPSA) is 136 Å². The third kappa shape index (κ3) is 4.11. The molecule has 0 aliphatic heterocycles. The molecule has 0 unspecified atom stereocenters. The molecule has 0 aromatic heterocycles. The van der Waals surface area contributed by atoms with Gasteiger partial charge in [0.2, 0.25) is 5.91 Å². The molecule has 8 heteroatoms. The Labute approximate surface area is 119 Å². The minimum atomic E-state index is -1.39. The zero-order valence-electron chi connectivity index (χ0n) is 9.62. The molecule has 1 aromatic rings. The van der Waals surface area contributed by atoms with E-state index in [2.05, 4.69) is 5.32 Å². The highest BCUT2D eigenvalue weighted by Gasteiger charge is 2.17. The lowest BCUT2D eigenvalue weighted by Crippen LogP contribution is -2.30. The number of primary amides is 1. The molecule has 1 rings (SSSR count). The van der Waals surface area contributed by atoms with Gasteiger partial charge in [0.1, 0.15) is 5.70 Å². The standard InChI is InChI=1S/C11H11N3O4.BrH/c12-5-8(11(17)18)14-10(16)7-4-2-1-3-6(7)9(13)15;/h1-5H,12H2,(H2,13,15)(H,14,16)(H,17,18);1H/b8-5+;. The van der Waals surface area contributed by atoms with Crippen LogP contribution in [0.5, 0.6) is 0 Å². The van der Waals surface area contributed by atoms with Gasteiger partial charge < -0.3 is 21.9 Å². The lowest BCUT2D eigenvalue weighted by molar-refractivity contribution is -0.133. The number of amides is 2. The molecule has 0 saturated carbocycles. The molecule has 0 atom stereocenters. The molecule has 0 aliphatic rings. The normalized spacial score (nSPS) is 10.2. The predicted molar refractivity (Wildman–Crippen MR) is 72.7 cm³/mol. The second-order valence-corrected chi connectivity index (χ2v) is 3.25. The summed E-state index contributed by atoms with van der Waals surface area (Å²) >= 11 is 0. The zero-order valence-corrected chi connectivity index (χ0v) is 11.3. The minimum absolute atomic E-state index is 0. The number of carbonyl (C=O) groups is 3. The monoisotopic (exact) mass is 329 g/mol. The number of nitrogens with one attached hydrogen (secondary N) is 1. The van der Waals surface area contributed by atoms with Gasteiger partial charge in [0.05, 0.1) is 11.1 Å². The van der Waals surface area contributed by atoms with E-state index in [0.717, 1.165) is 6.20 Å². The fraction of sp³-hybridized carbons (Fsp3) is 0. The van der Waals surface area contributed by atoms with Crippen LogP contribution in [0.2, 0.25) is 0 Å². The van der Waals surface area contributed by atoms with Gasteiger partial charge in [-0.05, 0) is 12.1 Å². The summed E-state index contributed by atoms with van der Waals surface area (Å²) in [6, 6.07) is 5.77. The van der Waals surface area contributed by atoms with E-state index in [9.17, 15) is 14.4 Å². The second kappa shape index (κ2) is 7.17. The van der Waals surface area contributed by atoms with Crippen LogP contribution in [0, 0.1) is 0 Å². The highest BCUT2D eigenvalue weighted by Crippen LogP contribution is 2.08. The van der Waals surface area contributed by atoms with Gasteiger partial charge in [0.15, 0.2) is 0 Å². The van der Waals surface area contributed by atoms with E-state index in [4.69, 9.17) is 16.6 Å². The summed E-state index contributed by atoms with van der Waals surface area (Å²) in [7, 11) is 0. The first kappa shape index (κ1) is 16.6. The maximum atomic E-state index is 11.8. The molecule has 2 amide bonds. The maximum Gasteiger partial charge on any atom is 0.353 e. The first-order chi connectivity index (χ1) is 8.47. The summed E-state index contributed by atoms with van der Waals surface area (Å²) in [6.45, 7) is 0. The number of hydrogen-bond donors (Lipinski definition) is 4. The summed E-state index contributed by atoms with van der Waals surface area (Å²) in [4.78, 5) is 33.5. The summed E-state index contributed by atoms with van der Waals surface area (Å²) < 4.78 is 0. The number of halogens is 1. The van der Waals surface area contributed by atoms with Crippen molar-refractivity contribution in [2.45, 2.75) is 0 Å². The van der Waals surface area contributed by atoms with Gasteiger partial charge in [-0.2, -0.15) is 0 Å². The average Bonchev–Trinajstić information content (AvgIpc) is 2.35. The van der Waals surface area contributed by atoms with Crippen molar-refractivity contribution >= 4 is 34.8 Å². The van der Waals surface area contributed by atoms with Crippen LogP contribution in [-0.4, -0.2) is 22.9 Å². The Morgan fingerprint density at radius 2 is 1.68 bits per heavy atom. The molecule has 0 heterocycles. The second-order valence-electron chi connectivity index (χ2n) is 3.25. The Morgan fingerprint density at radius 1 is 1.16 bits per heavy atom. The van der Waals surface area contributed by atoms with Crippen molar-refractivity contribution in [1.82, 2.24) is 5.32 Å². The fourth-order valence-corrected chi connectivity index (χ4v) is 1.25. The van der Waals surface area contributed by atoms with Crippen LogP contribution in [0.15, 0.2) is 36.2 Å². The van der Waals surface area contributed by atoms with Gasteiger partial charge >= 0.3 is 5.97 Å². The van der Waals surface area contributed by atoms with E-state index >= 15 is 0 Å². The summed E-state index contributed by atoms with van der Waals surface area (Å²) in [5.74, 6) is -2.94.